The predicted molar refractivity (Wildman–Crippen MR) is 141 cm³/mol. The van der Waals surface area contributed by atoms with Gasteiger partial charge in [0.25, 0.3) is 5.56 Å². The standard InChI is InChI=1S/C29H38N4O4/c34-27(35)12-11-25(31-37)28-29(36)33(26-10-2-1-9-24(26)30-28)23-16-20-7-4-8-21(17-23)32(20)22-14-18-5-3-6-19(13-18)15-22/h1-2,9-10,18-23,37H,3-8,11-17H2,(H,34,35)/b31-25+. The van der Waals surface area contributed by atoms with Crippen LogP contribution in [0.15, 0.2) is 34.2 Å². The quantitative estimate of drug-likeness (QED) is 0.325. The smallest absolute Gasteiger partial charge is 0.303 e. The van der Waals surface area contributed by atoms with Gasteiger partial charge in [0.15, 0.2) is 5.69 Å². The highest BCUT2D eigenvalue weighted by Gasteiger charge is 2.45. The number of carbonyl (C=O) groups is 1. The minimum Gasteiger partial charge on any atom is -0.481 e. The summed E-state index contributed by atoms with van der Waals surface area (Å²) in [5.41, 5.74) is 1.30. The van der Waals surface area contributed by atoms with E-state index < -0.39 is 5.97 Å². The summed E-state index contributed by atoms with van der Waals surface area (Å²) in [7, 11) is 0. The Kier molecular flexibility index (Phi) is 6.78. The van der Waals surface area contributed by atoms with Crippen molar-refractivity contribution >= 4 is 22.7 Å². The van der Waals surface area contributed by atoms with Gasteiger partial charge in [-0.05, 0) is 68.9 Å². The minimum absolute atomic E-state index is 0.0401. The van der Waals surface area contributed by atoms with E-state index >= 15 is 0 Å². The van der Waals surface area contributed by atoms with E-state index in [-0.39, 0.29) is 35.8 Å². The highest BCUT2D eigenvalue weighted by molar-refractivity contribution is 6.00. The Morgan fingerprint density at radius 1 is 0.892 bits per heavy atom. The Bertz CT molecular complexity index is 1230. The van der Waals surface area contributed by atoms with Gasteiger partial charge in [0, 0.05) is 30.6 Å². The number of carboxylic acids is 1. The number of para-hydroxylation sites is 2. The Labute approximate surface area is 217 Å². The van der Waals surface area contributed by atoms with Gasteiger partial charge in [0.1, 0.15) is 5.71 Å². The first-order valence-corrected chi connectivity index (χ1v) is 14.2. The molecule has 2 N–H and O–H groups in total. The normalized spacial score (nSPS) is 32.4. The predicted octanol–water partition coefficient (Wildman–Crippen LogP) is 4.97. The van der Waals surface area contributed by atoms with E-state index in [1.165, 1.54) is 57.8 Å². The number of piperidine rings is 2. The van der Waals surface area contributed by atoms with Crippen molar-refractivity contribution in [1.82, 2.24) is 14.5 Å². The van der Waals surface area contributed by atoms with Crippen LogP contribution in [0.1, 0.15) is 95.2 Å². The Morgan fingerprint density at radius 2 is 1.57 bits per heavy atom. The summed E-state index contributed by atoms with van der Waals surface area (Å²) in [5.74, 6) is 0.786. The fraction of sp³-hybridized carbons (Fsp3) is 0.655. The molecule has 2 aromatic rings. The molecule has 6 rings (SSSR count). The molecular weight excluding hydrogens is 468 g/mol. The largest absolute Gasteiger partial charge is 0.481 e. The first-order chi connectivity index (χ1) is 18.0. The first-order valence-electron chi connectivity index (χ1n) is 14.2. The zero-order chi connectivity index (χ0) is 25.5. The Morgan fingerprint density at radius 3 is 2.24 bits per heavy atom. The average Bonchev–Trinajstić information content (AvgIpc) is 2.88. The maximum atomic E-state index is 13.9. The molecule has 2 aliphatic heterocycles. The number of aromatic nitrogens is 2. The number of benzene rings is 1. The van der Waals surface area contributed by atoms with Crippen molar-refractivity contribution in [3.63, 3.8) is 0 Å². The molecule has 198 valence electrons. The van der Waals surface area contributed by atoms with Gasteiger partial charge < -0.3 is 14.9 Å². The SMILES string of the molecule is O=C(O)CC/C(=N\O)c1nc2ccccc2n(C2CC3CCCC(C2)N3C2CC3CCCC(C3)C2)c1=O. The first kappa shape index (κ1) is 24.6. The second-order valence-electron chi connectivity index (χ2n) is 11.9. The molecule has 1 aromatic carbocycles. The van der Waals surface area contributed by atoms with Gasteiger partial charge in [0.05, 0.1) is 17.5 Å². The number of fused-ring (bicyclic) bond motifs is 5. The molecule has 2 saturated carbocycles. The highest BCUT2D eigenvalue weighted by atomic mass is 16.4. The van der Waals surface area contributed by atoms with Crippen LogP contribution >= 0.6 is 0 Å². The van der Waals surface area contributed by atoms with Crippen molar-refractivity contribution in [2.24, 2.45) is 17.0 Å². The molecule has 2 aliphatic carbocycles. The number of hydrogen-bond donors (Lipinski definition) is 2. The summed E-state index contributed by atoms with van der Waals surface area (Å²) in [6.07, 6.45) is 13.6. The number of aliphatic carboxylic acids is 1. The summed E-state index contributed by atoms with van der Waals surface area (Å²) in [5, 5.41) is 22.1. The molecule has 1 aromatic heterocycles. The van der Waals surface area contributed by atoms with Crippen molar-refractivity contribution in [2.45, 2.75) is 108 Å². The van der Waals surface area contributed by atoms with Crippen LogP contribution in [0.5, 0.6) is 0 Å². The maximum absolute atomic E-state index is 13.9. The van der Waals surface area contributed by atoms with E-state index in [1.807, 2.05) is 28.8 Å². The van der Waals surface area contributed by atoms with Crippen LogP contribution in [0, 0.1) is 11.8 Å². The number of oxime groups is 1. The van der Waals surface area contributed by atoms with Gasteiger partial charge >= 0.3 is 5.97 Å². The van der Waals surface area contributed by atoms with E-state index in [9.17, 15) is 14.8 Å². The zero-order valence-electron chi connectivity index (χ0n) is 21.5. The summed E-state index contributed by atoms with van der Waals surface area (Å²) in [4.78, 5) is 32.5. The fourth-order valence-electron chi connectivity index (χ4n) is 8.28. The van der Waals surface area contributed by atoms with Crippen molar-refractivity contribution in [2.75, 3.05) is 0 Å². The van der Waals surface area contributed by atoms with E-state index in [1.54, 1.807) is 0 Å². The molecule has 2 saturated heterocycles. The second-order valence-corrected chi connectivity index (χ2v) is 11.9. The molecule has 4 bridgehead atoms. The van der Waals surface area contributed by atoms with Gasteiger partial charge in [-0.1, -0.05) is 43.0 Å². The molecule has 0 spiro atoms. The third-order valence-electron chi connectivity index (χ3n) is 9.66. The van der Waals surface area contributed by atoms with E-state index in [0.717, 1.165) is 30.2 Å². The van der Waals surface area contributed by atoms with Gasteiger partial charge in [-0.2, -0.15) is 0 Å². The van der Waals surface area contributed by atoms with E-state index in [4.69, 9.17) is 5.11 Å². The van der Waals surface area contributed by atoms with Crippen LogP contribution in [0.2, 0.25) is 0 Å². The number of nitrogens with zero attached hydrogens (tertiary/aromatic N) is 4. The lowest BCUT2D eigenvalue weighted by Gasteiger charge is -2.55. The molecule has 37 heavy (non-hydrogen) atoms. The fourth-order valence-corrected chi connectivity index (χ4v) is 8.28. The van der Waals surface area contributed by atoms with E-state index in [2.05, 4.69) is 15.0 Å². The summed E-state index contributed by atoms with van der Waals surface area (Å²) in [6, 6.07) is 9.35. The topological polar surface area (TPSA) is 108 Å². The lowest BCUT2D eigenvalue weighted by atomic mass is 9.68. The number of rotatable bonds is 6. The summed E-state index contributed by atoms with van der Waals surface area (Å²) in [6.45, 7) is 0. The van der Waals surface area contributed by atoms with Gasteiger partial charge in [0.2, 0.25) is 0 Å². The van der Waals surface area contributed by atoms with Crippen LogP contribution in [-0.4, -0.2) is 54.6 Å². The van der Waals surface area contributed by atoms with Crippen LogP contribution < -0.4 is 5.56 Å². The summed E-state index contributed by atoms with van der Waals surface area (Å²) < 4.78 is 1.89. The van der Waals surface area contributed by atoms with Crippen molar-refractivity contribution in [3.05, 3.63) is 40.3 Å². The molecule has 4 unspecified atom stereocenters. The molecular formula is C29H38N4O4. The lowest BCUT2D eigenvalue weighted by molar-refractivity contribution is -0.136. The monoisotopic (exact) mass is 506 g/mol. The highest BCUT2D eigenvalue weighted by Crippen LogP contribution is 2.47. The minimum atomic E-state index is -1.01. The number of hydrogen-bond acceptors (Lipinski definition) is 6. The molecule has 4 fully saturated rings. The van der Waals surface area contributed by atoms with Gasteiger partial charge in [-0.25, -0.2) is 4.98 Å². The number of carboxylic acid groups (broad SMARTS) is 1. The molecule has 3 heterocycles. The van der Waals surface area contributed by atoms with Crippen molar-refractivity contribution in [1.29, 1.82) is 0 Å². The van der Waals surface area contributed by atoms with Crippen LogP contribution in [-0.2, 0) is 4.79 Å². The maximum Gasteiger partial charge on any atom is 0.303 e. The molecule has 4 aliphatic rings. The molecule has 0 amide bonds. The Hall–Kier alpha value is -2.74. The summed E-state index contributed by atoms with van der Waals surface area (Å²) >= 11 is 0. The zero-order valence-corrected chi connectivity index (χ0v) is 21.5. The van der Waals surface area contributed by atoms with Crippen molar-refractivity contribution in [3.8, 4) is 0 Å². The second kappa shape index (κ2) is 10.2. The Balaban J connectivity index is 1.34. The molecule has 0 radical (unpaired) electrons. The molecule has 4 atom stereocenters. The van der Waals surface area contributed by atoms with Crippen LogP contribution in [0.3, 0.4) is 0 Å². The van der Waals surface area contributed by atoms with E-state index in [0.29, 0.717) is 23.6 Å². The lowest BCUT2D eigenvalue weighted by Crippen LogP contribution is -2.58. The third kappa shape index (κ3) is 4.69. The van der Waals surface area contributed by atoms with Crippen molar-refractivity contribution < 1.29 is 15.1 Å². The van der Waals surface area contributed by atoms with Crippen LogP contribution in [0.4, 0.5) is 0 Å². The third-order valence-corrected chi connectivity index (χ3v) is 9.66. The van der Waals surface area contributed by atoms with Gasteiger partial charge in [-0.15, -0.1) is 0 Å². The molecule has 8 heteroatoms. The van der Waals surface area contributed by atoms with Gasteiger partial charge in [-0.3, -0.25) is 14.5 Å². The average molecular weight is 507 g/mol. The molecule has 8 nitrogen and oxygen atoms in total. The van der Waals surface area contributed by atoms with Crippen LogP contribution in [0.25, 0.3) is 11.0 Å².